The van der Waals surface area contributed by atoms with Crippen LogP contribution in [0.5, 0.6) is 0 Å². The fraction of sp³-hybridized carbons (Fsp3) is 0.364. The normalized spacial score (nSPS) is 16.2. The molecule has 9 heteroatoms. The standard InChI is InChI=1S/C11H10ClF2NO4S/c12-20(17,18)10-6-9(14)8(13)5-7(10)11(16)15-1-3-19-4-2-15/h5-6H,1-4H2. The van der Waals surface area contributed by atoms with E-state index < -0.39 is 37.1 Å². The molecular formula is C11H10ClF2NO4S. The Balaban J connectivity index is 2.49. The van der Waals surface area contributed by atoms with Gasteiger partial charge in [-0.05, 0) is 12.1 Å². The summed E-state index contributed by atoms with van der Waals surface area (Å²) in [6, 6.07) is 0.952. The van der Waals surface area contributed by atoms with Crippen molar-refractivity contribution in [2.24, 2.45) is 0 Å². The number of nitrogens with zero attached hydrogens (tertiary/aromatic N) is 1. The van der Waals surface area contributed by atoms with Crippen molar-refractivity contribution in [1.82, 2.24) is 4.90 Å². The first-order chi connectivity index (χ1) is 9.30. The molecule has 1 heterocycles. The third kappa shape index (κ3) is 3.08. The van der Waals surface area contributed by atoms with E-state index in [1.54, 1.807) is 0 Å². The molecule has 0 bridgehead atoms. The maximum absolute atomic E-state index is 13.3. The molecule has 0 aliphatic carbocycles. The second-order valence-corrected chi connectivity index (χ2v) is 6.64. The van der Waals surface area contributed by atoms with Crippen molar-refractivity contribution in [3.8, 4) is 0 Å². The fourth-order valence-corrected chi connectivity index (χ4v) is 2.87. The molecule has 1 amide bonds. The second kappa shape index (κ2) is 5.63. The summed E-state index contributed by atoms with van der Waals surface area (Å²) in [5.41, 5.74) is -0.485. The average molecular weight is 326 g/mol. The van der Waals surface area contributed by atoms with E-state index in [0.29, 0.717) is 25.3 Å². The molecule has 1 saturated heterocycles. The molecule has 0 saturated carbocycles. The quantitative estimate of drug-likeness (QED) is 0.770. The molecule has 2 rings (SSSR count). The van der Waals surface area contributed by atoms with Crippen molar-refractivity contribution >= 4 is 25.6 Å². The van der Waals surface area contributed by atoms with E-state index in [9.17, 15) is 22.0 Å². The van der Waals surface area contributed by atoms with E-state index in [-0.39, 0.29) is 13.1 Å². The van der Waals surface area contributed by atoms with Crippen LogP contribution in [0, 0.1) is 11.6 Å². The largest absolute Gasteiger partial charge is 0.378 e. The number of amides is 1. The fourth-order valence-electron chi connectivity index (χ4n) is 1.83. The highest BCUT2D eigenvalue weighted by Gasteiger charge is 2.27. The molecule has 1 aliphatic heterocycles. The predicted molar refractivity (Wildman–Crippen MR) is 66.1 cm³/mol. The van der Waals surface area contributed by atoms with Crippen molar-refractivity contribution in [3.05, 3.63) is 29.3 Å². The number of carbonyl (C=O) groups is 1. The molecule has 0 N–H and O–H groups in total. The van der Waals surface area contributed by atoms with Crippen LogP contribution < -0.4 is 0 Å². The minimum atomic E-state index is -4.37. The van der Waals surface area contributed by atoms with Gasteiger partial charge < -0.3 is 9.64 Å². The van der Waals surface area contributed by atoms with Crippen LogP contribution in [0.25, 0.3) is 0 Å². The van der Waals surface area contributed by atoms with Crippen LogP contribution in [-0.2, 0) is 13.8 Å². The lowest BCUT2D eigenvalue weighted by atomic mass is 10.1. The maximum atomic E-state index is 13.3. The molecule has 0 spiro atoms. The summed E-state index contributed by atoms with van der Waals surface area (Å²) in [6.45, 7) is 1.05. The highest BCUT2D eigenvalue weighted by Crippen LogP contribution is 2.24. The minimum absolute atomic E-state index is 0.236. The third-order valence-electron chi connectivity index (χ3n) is 2.81. The molecule has 110 valence electrons. The second-order valence-electron chi connectivity index (χ2n) is 4.10. The molecule has 1 aromatic rings. The number of carbonyl (C=O) groups excluding carboxylic acids is 1. The maximum Gasteiger partial charge on any atom is 0.262 e. The first-order valence-corrected chi connectivity index (χ1v) is 7.92. The number of halogens is 3. The molecule has 1 aliphatic rings. The number of hydrogen-bond acceptors (Lipinski definition) is 4. The number of morpholine rings is 1. The Morgan fingerprint density at radius 3 is 2.30 bits per heavy atom. The highest BCUT2D eigenvalue weighted by molar-refractivity contribution is 8.13. The predicted octanol–water partition coefficient (Wildman–Crippen LogP) is 1.36. The van der Waals surface area contributed by atoms with Gasteiger partial charge in [0, 0.05) is 23.8 Å². The van der Waals surface area contributed by atoms with Crippen molar-refractivity contribution in [3.63, 3.8) is 0 Å². The van der Waals surface area contributed by atoms with Crippen LogP contribution in [0.15, 0.2) is 17.0 Å². The first kappa shape index (κ1) is 15.1. The van der Waals surface area contributed by atoms with Crippen LogP contribution >= 0.6 is 10.7 Å². The Kier molecular flexibility index (Phi) is 4.26. The van der Waals surface area contributed by atoms with Crippen LogP contribution in [-0.4, -0.2) is 45.5 Å². The van der Waals surface area contributed by atoms with Gasteiger partial charge in [0.05, 0.1) is 23.7 Å². The van der Waals surface area contributed by atoms with E-state index in [1.165, 1.54) is 4.90 Å². The topological polar surface area (TPSA) is 63.7 Å². The lowest BCUT2D eigenvalue weighted by Gasteiger charge is -2.27. The van der Waals surface area contributed by atoms with Crippen molar-refractivity contribution in [1.29, 1.82) is 0 Å². The molecule has 0 radical (unpaired) electrons. The Morgan fingerprint density at radius 2 is 1.75 bits per heavy atom. The average Bonchev–Trinajstić information content (AvgIpc) is 2.40. The van der Waals surface area contributed by atoms with Crippen molar-refractivity contribution in [2.75, 3.05) is 26.3 Å². The van der Waals surface area contributed by atoms with Crippen LogP contribution in [0.2, 0.25) is 0 Å². The smallest absolute Gasteiger partial charge is 0.262 e. The van der Waals surface area contributed by atoms with Gasteiger partial charge in [0.15, 0.2) is 11.6 Å². The molecular weight excluding hydrogens is 316 g/mol. The van der Waals surface area contributed by atoms with Gasteiger partial charge in [-0.25, -0.2) is 17.2 Å². The van der Waals surface area contributed by atoms with Gasteiger partial charge in [-0.3, -0.25) is 4.79 Å². The molecule has 0 aromatic heterocycles. The van der Waals surface area contributed by atoms with E-state index >= 15 is 0 Å². The molecule has 0 atom stereocenters. The summed E-state index contributed by atoms with van der Waals surface area (Å²) in [4.78, 5) is 12.7. The Hall–Kier alpha value is -1.25. The van der Waals surface area contributed by atoms with E-state index in [2.05, 4.69) is 0 Å². The van der Waals surface area contributed by atoms with Gasteiger partial charge in [0.1, 0.15) is 0 Å². The van der Waals surface area contributed by atoms with Crippen molar-refractivity contribution < 1.29 is 26.7 Å². The zero-order valence-corrected chi connectivity index (χ0v) is 11.7. The lowest BCUT2D eigenvalue weighted by Crippen LogP contribution is -2.41. The molecule has 20 heavy (non-hydrogen) atoms. The molecule has 1 aromatic carbocycles. The van der Waals surface area contributed by atoms with Crippen molar-refractivity contribution in [2.45, 2.75) is 4.90 Å². The summed E-state index contributed by atoms with van der Waals surface area (Å²) in [7, 11) is 0.789. The number of benzene rings is 1. The summed E-state index contributed by atoms with van der Waals surface area (Å²) < 4.78 is 54.2. The zero-order valence-electron chi connectivity index (χ0n) is 10.1. The summed E-state index contributed by atoms with van der Waals surface area (Å²) in [5, 5.41) is 0. The van der Waals surface area contributed by atoms with Gasteiger partial charge >= 0.3 is 0 Å². The third-order valence-corrected chi connectivity index (χ3v) is 4.18. The lowest BCUT2D eigenvalue weighted by molar-refractivity contribution is 0.0300. The number of hydrogen-bond donors (Lipinski definition) is 0. The molecule has 1 fully saturated rings. The highest BCUT2D eigenvalue weighted by atomic mass is 35.7. The van der Waals surface area contributed by atoms with E-state index in [1.807, 2.05) is 0 Å². The first-order valence-electron chi connectivity index (χ1n) is 5.61. The Morgan fingerprint density at radius 1 is 1.20 bits per heavy atom. The summed E-state index contributed by atoms with van der Waals surface area (Å²) in [5.74, 6) is -3.43. The number of rotatable bonds is 2. The SMILES string of the molecule is O=C(c1cc(F)c(F)cc1S(=O)(=O)Cl)N1CCOCC1. The van der Waals surface area contributed by atoms with E-state index in [4.69, 9.17) is 15.4 Å². The summed E-state index contributed by atoms with van der Waals surface area (Å²) in [6.07, 6.45) is 0. The molecule has 0 unspecified atom stereocenters. The van der Waals surface area contributed by atoms with Gasteiger partial charge in [0.25, 0.3) is 15.0 Å². The van der Waals surface area contributed by atoms with Gasteiger partial charge in [-0.15, -0.1) is 0 Å². The van der Waals surface area contributed by atoms with Crippen LogP contribution in [0.4, 0.5) is 8.78 Å². The van der Waals surface area contributed by atoms with Gasteiger partial charge in [-0.2, -0.15) is 0 Å². The summed E-state index contributed by atoms with van der Waals surface area (Å²) >= 11 is 0. The van der Waals surface area contributed by atoms with Gasteiger partial charge in [0.2, 0.25) is 0 Å². The minimum Gasteiger partial charge on any atom is -0.378 e. The zero-order chi connectivity index (χ0) is 14.9. The van der Waals surface area contributed by atoms with Gasteiger partial charge in [-0.1, -0.05) is 0 Å². The Bertz CT molecular complexity index is 644. The number of ether oxygens (including phenoxy) is 1. The monoisotopic (exact) mass is 325 g/mol. The van der Waals surface area contributed by atoms with Crippen LogP contribution in [0.3, 0.4) is 0 Å². The molecule has 5 nitrogen and oxygen atoms in total. The van der Waals surface area contributed by atoms with Crippen LogP contribution in [0.1, 0.15) is 10.4 Å². The Labute approximate surface area is 118 Å². The van der Waals surface area contributed by atoms with E-state index in [0.717, 1.165) is 0 Å².